The van der Waals surface area contributed by atoms with Crippen molar-refractivity contribution >= 4 is 27.3 Å². The summed E-state index contributed by atoms with van der Waals surface area (Å²) in [5, 5.41) is 8.24. The molecule has 0 unspecified atom stereocenters. The molecule has 0 amide bonds. The fourth-order valence-electron chi connectivity index (χ4n) is 1.31. The number of benzene rings is 1. The van der Waals surface area contributed by atoms with Crippen LogP contribution in [0.25, 0.3) is 0 Å². The van der Waals surface area contributed by atoms with Gasteiger partial charge in [-0.3, -0.25) is 4.31 Å². The summed E-state index contributed by atoms with van der Waals surface area (Å²) in [6.07, 6.45) is 0.440. The predicted molar refractivity (Wildman–Crippen MR) is 68.4 cm³/mol. The lowest BCUT2D eigenvalue weighted by Crippen LogP contribution is -2.29. The smallest absolute Gasteiger partial charge is 0.234 e. The zero-order valence-corrected chi connectivity index (χ0v) is 11.3. The molecule has 0 aliphatic rings. The second kappa shape index (κ2) is 6.03. The van der Waals surface area contributed by atoms with E-state index in [1.807, 2.05) is 6.07 Å². The number of hydrogen-bond acceptors (Lipinski definition) is 3. The number of hydrogen-bond donors (Lipinski definition) is 0. The first-order valence-corrected chi connectivity index (χ1v) is 7.16. The van der Waals surface area contributed by atoms with E-state index in [9.17, 15) is 12.8 Å². The third-order valence-electron chi connectivity index (χ3n) is 2.37. The summed E-state index contributed by atoms with van der Waals surface area (Å²) in [5.41, 5.74) is 0.290. The monoisotopic (exact) mass is 290 g/mol. The minimum Gasteiger partial charge on any atom is -0.273 e. The third kappa shape index (κ3) is 3.59. The molecule has 0 aliphatic heterocycles. The van der Waals surface area contributed by atoms with Crippen LogP contribution in [0.15, 0.2) is 18.2 Å². The van der Waals surface area contributed by atoms with Gasteiger partial charge in [-0.15, -0.1) is 0 Å². The van der Waals surface area contributed by atoms with Crippen molar-refractivity contribution in [2.45, 2.75) is 12.8 Å². The standard InChI is InChI=1S/C11H12ClFN2O2S/c1-15(18(16,17)7-3-2-6-14)9-4-5-11(13)10(12)8-9/h4-5,8H,2-3,7H2,1H3. The molecule has 1 aromatic rings. The van der Waals surface area contributed by atoms with E-state index in [2.05, 4.69) is 0 Å². The summed E-state index contributed by atoms with van der Waals surface area (Å²) in [6, 6.07) is 5.58. The van der Waals surface area contributed by atoms with Crippen molar-refractivity contribution in [3.63, 3.8) is 0 Å². The van der Waals surface area contributed by atoms with E-state index in [0.717, 1.165) is 10.4 Å². The number of nitriles is 1. The summed E-state index contributed by atoms with van der Waals surface area (Å²) >= 11 is 5.60. The molecule has 18 heavy (non-hydrogen) atoms. The van der Waals surface area contributed by atoms with Crippen LogP contribution in [0.2, 0.25) is 5.02 Å². The average Bonchev–Trinajstić information content (AvgIpc) is 2.32. The second-order valence-electron chi connectivity index (χ2n) is 3.64. The Bertz CT molecular complexity index is 569. The highest BCUT2D eigenvalue weighted by Gasteiger charge is 2.18. The Morgan fingerprint density at radius 2 is 2.17 bits per heavy atom. The van der Waals surface area contributed by atoms with Crippen LogP contribution in [-0.4, -0.2) is 21.2 Å². The summed E-state index contributed by atoms with van der Waals surface area (Å²) < 4.78 is 37.8. The Labute approximate surface area is 111 Å². The van der Waals surface area contributed by atoms with Crippen molar-refractivity contribution in [1.29, 1.82) is 5.26 Å². The Hall–Kier alpha value is -1.32. The van der Waals surface area contributed by atoms with Crippen LogP contribution in [0.1, 0.15) is 12.8 Å². The van der Waals surface area contributed by atoms with E-state index < -0.39 is 15.8 Å². The zero-order chi connectivity index (χ0) is 13.8. The van der Waals surface area contributed by atoms with E-state index in [1.165, 1.54) is 19.2 Å². The molecule has 0 atom stereocenters. The SMILES string of the molecule is CN(c1ccc(F)c(Cl)c1)S(=O)(=O)CCCC#N. The Balaban J connectivity index is 2.89. The molecule has 0 fully saturated rings. The molecular formula is C11H12ClFN2O2S. The first-order chi connectivity index (χ1) is 8.38. The molecule has 7 heteroatoms. The van der Waals surface area contributed by atoms with Gasteiger partial charge in [0.25, 0.3) is 0 Å². The van der Waals surface area contributed by atoms with E-state index >= 15 is 0 Å². The third-order valence-corrected chi connectivity index (χ3v) is 4.51. The van der Waals surface area contributed by atoms with Crippen molar-refractivity contribution in [3.8, 4) is 6.07 Å². The van der Waals surface area contributed by atoms with Gasteiger partial charge in [-0.05, 0) is 24.6 Å². The number of nitrogens with zero attached hydrogens (tertiary/aromatic N) is 2. The van der Waals surface area contributed by atoms with Gasteiger partial charge >= 0.3 is 0 Å². The maximum atomic E-state index is 13.0. The van der Waals surface area contributed by atoms with Crippen molar-refractivity contribution in [1.82, 2.24) is 0 Å². The molecule has 1 aromatic carbocycles. The van der Waals surface area contributed by atoms with Crippen LogP contribution in [0.5, 0.6) is 0 Å². The molecule has 0 aromatic heterocycles. The normalized spacial score (nSPS) is 11.0. The molecule has 98 valence electrons. The number of halogens is 2. The molecule has 0 saturated carbocycles. The van der Waals surface area contributed by atoms with Gasteiger partial charge in [0.05, 0.1) is 22.5 Å². The lowest BCUT2D eigenvalue weighted by atomic mass is 10.3. The maximum absolute atomic E-state index is 13.0. The average molecular weight is 291 g/mol. The highest BCUT2D eigenvalue weighted by atomic mass is 35.5. The van der Waals surface area contributed by atoms with E-state index in [0.29, 0.717) is 5.69 Å². The van der Waals surface area contributed by atoms with Crippen LogP contribution in [0, 0.1) is 17.1 Å². The van der Waals surface area contributed by atoms with E-state index in [-0.39, 0.29) is 23.6 Å². The summed E-state index contributed by atoms with van der Waals surface area (Å²) in [7, 11) is -2.15. The number of sulfonamides is 1. The minimum atomic E-state index is -3.51. The molecule has 0 spiro atoms. The van der Waals surface area contributed by atoms with Crippen LogP contribution in [-0.2, 0) is 10.0 Å². The van der Waals surface area contributed by atoms with Crippen molar-refractivity contribution in [2.75, 3.05) is 17.1 Å². The highest BCUT2D eigenvalue weighted by molar-refractivity contribution is 7.92. The van der Waals surface area contributed by atoms with Gasteiger partial charge in [0.2, 0.25) is 10.0 Å². The lowest BCUT2D eigenvalue weighted by Gasteiger charge is -2.19. The predicted octanol–water partition coefficient (Wildman–Crippen LogP) is 2.55. The zero-order valence-electron chi connectivity index (χ0n) is 9.73. The van der Waals surface area contributed by atoms with Gasteiger partial charge in [-0.1, -0.05) is 11.6 Å². The molecule has 1 rings (SSSR count). The molecule has 0 heterocycles. The van der Waals surface area contributed by atoms with Crippen LogP contribution in [0.4, 0.5) is 10.1 Å². The Kier molecular flexibility index (Phi) is 4.93. The van der Waals surface area contributed by atoms with Crippen LogP contribution >= 0.6 is 11.6 Å². The summed E-state index contributed by atoms with van der Waals surface area (Å²) in [5.74, 6) is -0.734. The van der Waals surface area contributed by atoms with Gasteiger partial charge in [-0.25, -0.2) is 12.8 Å². The van der Waals surface area contributed by atoms with Crippen molar-refractivity contribution in [3.05, 3.63) is 29.0 Å². The molecule has 0 aliphatic carbocycles. The fourth-order valence-corrected chi connectivity index (χ4v) is 2.70. The molecular weight excluding hydrogens is 279 g/mol. The van der Waals surface area contributed by atoms with Gasteiger partial charge in [0, 0.05) is 13.5 Å². The first kappa shape index (κ1) is 14.7. The molecule has 4 nitrogen and oxygen atoms in total. The van der Waals surface area contributed by atoms with Crippen LogP contribution in [0.3, 0.4) is 0 Å². The first-order valence-electron chi connectivity index (χ1n) is 5.17. The molecule has 0 saturated heterocycles. The Morgan fingerprint density at radius 3 is 2.72 bits per heavy atom. The van der Waals surface area contributed by atoms with Gasteiger partial charge in [-0.2, -0.15) is 5.26 Å². The summed E-state index contributed by atoms with van der Waals surface area (Å²) in [6.45, 7) is 0. The topological polar surface area (TPSA) is 61.2 Å². The van der Waals surface area contributed by atoms with Crippen LogP contribution < -0.4 is 4.31 Å². The van der Waals surface area contributed by atoms with E-state index in [4.69, 9.17) is 16.9 Å². The second-order valence-corrected chi connectivity index (χ2v) is 6.17. The number of anilines is 1. The lowest BCUT2D eigenvalue weighted by molar-refractivity contribution is 0.591. The molecule has 0 radical (unpaired) electrons. The number of unbranched alkanes of at least 4 members (excludes halogenated alkanes) is 1. The highest BCUT2D eigenvalue weighted by Crippen LogP contribution is 2.23. The van der Waals surface area contributed by atoms with Gasteiger partial charge < -0.3 is 0 Å². The van der Waals surface area contributed by atoms with Gasteiger partial charge in [0.1, 0.15) is 5.82 Å². The van der Waals surface area contributed by atoms with Gasteiger partial charge in [0.15, 0.2) is 0 Å². The maximum Gasteiger partial charge on any atom is 0.234 e. The number of rotatable bonds is 5. The quantitative estimate of drug-likeness (QED) is 0.783. The van der Waals surface area contributed by atoms with Crippen molar-refractivity contribution in [2.24, 2.45) is 0 Å². The Morgan fingerprint density at radius 1 is 1.50 bits per heavy atom. The fraction of sp³-hybridized carbons (Fsp3) is 0.364. The summed E-state index contributed by atoms with van der Waals surface area (Å²) in [4.78, 5) is 0. The molecule has 0 N–H and O–H groups in total. The largest absolute Gasteiger partial charge is 0.273 e. The molecule has 0 bridgehead atoms. The van der Waals surface area contributed by atoms with E-state index in [1.54, 1.807) is 0 Å². The minimum absolute atomic E-state index is 0.133. The van der Waals surface area contributed by atoms with Crippen molar-refractivity contribution < 1.29 is 12.8 Å².